The molecule has 2 nitrogen and oxygen atoms in total. The minimum Gasteiger partial charge on any atom is -0.377 e. The first kappa shape index (κ1) is 12.7. The summed E-state index contributed by atoms with van der Waals surface area (Å²) in [5.41, 5.74) is 0.568. The van der Waals surface area contributed by atoms with Crippen LogP contribution >= 0.6 is 15.9 Å². The molecular formula is C11H11BrF3NO. The van der Waals surface area contributed by atoms with Crippen LogP contribution in [0.15, 0.2) is 28.7 Å². The minimum absolute atomic E-state index is 0.256. The standard InChI is InChI=1S/C11H11BrF3NO/c12-8-1-3-9(4-2-8)16-5-6-17-7-10(16)11(13,14)15/h1-4,10H,5-7H2. The van der Waals surface area contributed by atoms with Crippen molar-refractivity contribution in [2.45, 2.75) is 12.2 Å². The Morgan fingerprint density at radius 3 is 2.47 bits per heavy atom. The van der Waals surface area contributed by atoms with Gasteiger partial charge in [0, 0.05) is 16.7 Å². The highest BCUT2D eigenvalue weighted by Gasteiger charge is 2.45. The largest absolute Gasteiger partial charge is 0.411 e. The first-order valence-corrected chi connectivity index (χ1v) is 5.94. The molecule has 0 saturated carbocycles. The summed E-state index contributed by atoms with van der Waals surface area (Å²) in [7, 11) is 0. The summed E-state index contributed by atoms with van der Waals surface area (Å²) in [6, 6.07) is 5.26. The van der Waals surface area contributed by atoms with Gasteiger partial charge in [0.2, 0.25) is 0 Å². The summed E-state index contributed by atoms with van der Waals surface area (Å²) in [6.45, 7) is 0.272. The molecule has 1 aliphatic heterocycles. The number of benzene rings is 1. The van der Waals surface area contributed by atoms with E-state index in [0.717, 1.165) is 4.47 Å². The minimum atomic E-state index is -4.27. The third kappa shape index (κ3) is 2.93. The molecular weight excluding hydrogens is 299 g/mol. The summed E-state index contributed by atoms with van der Waals surface area (Å²) >= 11 is 3.26. The molecule has 1 aromatic rings. The van der Waals surface area contributed by atoms with E-state index < -0.39 is 12.2 Å². The maximum absolute atomic E-state index is 12.8. The second-order valence-corrected chi connectivity index (χ2v) is 4.72. The molecule has 1 aromatic carbocycles. The highest BCUT2D eigenvalue weighted by Crippen LogP contribution is 2.31. The van der Waals surface area contributed by atoms with E-state index in [1.807, 2.05) is 0 Å². The predicted molar refractivity (Wildman–Crippen MR) is 62.2 cm³/mol. The van der Waals surface area contributed by atoms with Crippen LogP contribution in [-0.4, -0.2) is 32.0 Å². The number of halogens is 4. The van der Waals surface area contributed by atoms with Gasteiger partial charge in [0.15, 0.2) is 0 Å². The van der Waals surface area contributed by atoms with Crippen molar-refractivity contribution in [3.8, 4) is 0 Å². The molecule has 0 bridgehead atoms. The van der Waals surface area contributed by atoms with Crippen LogP contribution in [0.1, 0.15) is 0 Å². The van der Waals surface area contributed by atoms with Crippen molar-refractivity contribution < 1.29 is 17.9 Å². The van der Waals surface area contributed by atoms with E-state index in [0.29, 0.717) is 12.3 Å². The Kier molecular flexibility index (Phi) is 3.63. The average Bonchev–Trinajstić information content (AvgIpc) is 2.29. The smallest absolute Gasteiger partial charge is 0.377 e. The Hall–Kier alpha value is -0.750. The van der Waals surface area contributed by atoms with Gasteiger partial charge in [-0.05, 0) is 24.3 Å². The number of morpholine rings is 1. The second kappa shape index (κ2) is 4.86. The van der Waals surface area contributed by atoms with Crippen molar-refractivity contribution in [1.29, 1.82) is 0 Å². The third-order valence-electron chi connectivity index (χ3n) is 2.66. The van der Waals surface area contributed by atoms with Crippen LogP contribution in [0.4, 0.5) is 18.9 Å². The van der Waals surface area contributed by atoms with Crippen molar-refractivity contribution in [2.75, 3.05) is 24.7 Å². The van der Waals surface area contributed by atoms with Crippen LogP contribution in [0.5, 0.6) is 0 Å². The average molecular weight is 310 g/mol. The molecule has 0 amide bonds. The van der Waals surface area contributed by atoms with Gasteiger partial charge in [-0.15, -0.1) is 0 Å². The molecule has 1 fully saturated rings. The van der Waals surface area contributed by atoms with Crippen LogP contribution in [0.25, 0.3) is 0 Å². The Morgan fingerprint density at radius 2 is 1.88 bits per heavy atom. The predicted octanol–water partition coefficient (Wildman–Crippen LogP) is 3.22. The molecule has 0 radical (unpaired) electrons. The van der Waals surface area contributed by atoms with E-state index in [2.05, 4.69) is 15.9 Å². The monoisotopic (exact) mass is 309 g/mol. The zero-order chi connectivity index (χ0) is 12.5. The summed E-state index contributed by atoms with van der Waals surface area (Å²) < 4.78 is 44.2. The van der Waals surface area contributed by atoms with E-state index in [1.165, 1.54) is 4.90 Å². The Bertz CT molecular complexity index is 379. The van der Waals surface area contributed by atoms with Gasteiger partial charge in [0.25, 0.3) is 0 Å². The summed E-state index contributed by atoms with van der Waals surface area (Å²) in [4.78, 5) is 1.34. The molecule has 1 heterocycles. The highest BCUT2D eigenvalue weighted by atomic mass is 79.9. The fourth-order valence-electron chi connectivity index (χ4n) is 1.82. The summed E-state index contributed by atoms with van der Waals surface area (Å²) in [5.74, 6) is 0. The van der Waals surface area contributed by atoms with Crippen molar-refractivity contribution in [3.63, 3.8) is 0 Å². The van der Waals surface area contributed by atoms with Crippen LogP contribution in [0, 0.1) is 0 Å². The van der Waals surface area contributed by atoms with Crippen molar-refractivity contribution in [2.24, 2.45) is 0 Å². The molecule has 1 atom stereocenters. The molecule has 1 aliphatic rings. The van der Waals surface area contributed by atoms with E-state index in [9.17, 15) is 13.2 Å². The normalized spacial score (nSPS) is 21.6. The SMILES string of the molecule is FC(F)(F)C1COCCN1c1ccc(Br)cc1. The maximum Gasteiger partial charge on any atom is 0.411 e. The number of hydrogen-bond acceptors (Lipinski definition) is 2. The molecule has 1 unspecified atom stereocenters. The van der Waals surface area contributed by atoms with Crippen molar-refractivity contribution >= 4 is 21.6 Å². The number of nitrogens with zero attached hydrogens (tertiary/aromatic N) is 1. The van der Waals surface area contributed by atoms with E-state index in [4.69, 9.17) is 4.74 Å². The Morgan fingerprint density at radius 1 is 1.24 bits per heavy atom. The van der Waals surface area contributed by atoms with Crippen molar-refractivity contribution in [3.05, 3.63) is 28.7 Å². The molecule has 0 spiro atoms. The van der Waals surface area contributed by atoms with Gasteiger partial charge in [-0.3, -0.25) is 0 Å². The number of alkyl halides is 3. The molecule has 94 valence electrons. The van der Waals surface area contributed by atoms with Crippen LogP contribution in [0.3, 0.4) is 0 Å². The van der Waals surface area contributed by atoms with E-state index >= 15 is 0 Å². The molecule has 0 N–H and O–H groups in total. The number of ether oxygens (including phenoxy) is 1. The van der Waals surface area contributed by atoms with Crippen LogP contribution < -0.4 is 4.90 Å². The lowest BCUT2D eigenvalue weighted by atomic mass is 10.2. The van der Waals surface area contributed by atoms with Gasteiger partial charge in [-0.2, -0.15) is 13.2 Å². The van der Waals surface area contributed by atoms with Gasteiger partial charge in [0.1, 0.15) is 6.04 Å². The first-order chi connectivity index (χ1) is 7.98. The molecule has 2 rings (SSSR count). The molecule has 6 heteroatoms. The summed E-state index contributed by atoms with van der Waals surface area (Å²) in [5, 5.41) is 0. The van der Waals surface area contributed by atoms with Gasteiger partial charge in [0.05, 0.1) is 13.2 Å². The van der Waals surface area contributed by atoms with Gasteiger partial charge < -0.3 is 9.64 Å². The number of rotatable bonds is 1. The van der Waals surface area contributed by atoms with Crippen molar-refractivity contribution in [1.82, 2.24) is 0 Å². The lowest BCUT2D eigenvalue weighted by Gasteiger charge is -2.38. The quantitative estimate of drug-likeness (QED) is 0.790. The van der Waals surface area contributed by atoms with Gasteiger partial charge >= 0.3 is 6.18 Å². The van der Waals surface area contributed by atoms with E-state index in [1.54, 1.807) is 24.3 Å². The topological polar surface area (TPSA) is 12.5 Å². The third-order valence-corrected chi connectivity index (χ3v) is 3.19. The zero-order valence-electron chi connectivity index (χ0n) is 8.88. The van der Waals surface area contributed by atoms with Crippen LogP contribution in [-0.2, 0) is 4.74 Å². The van der Waals surface area contributed by atoms with Crippen LogP contribution in [0.2, 0.25) is 0 Å². The summed E-state index contributed by atoms with van der Waals surface area (Å²) in [6.07, 6.45) is -4.27. The fraction of sp³-hybridized carbons (Fsp3) is 0.455. The maximum atomic E-state index is 12.8. The molecule has 17 heavy (non-hydrogen) atoms. The Balaban J connectivity index is 2.25. The fourth-order valence-corrected chi connectivity index (χ4v) is 2.08. The van der Waals surface area contributed by atoms with Gasteiger partial charge in [-0.1, -0.05) is 15.9 Å². The van der Waals surface area contributed by atoms with E-state index in [-0.39, 0.29) is 13.2 Å². The van der Waals surface area contributed by atoms with Gasteiger partial charge in [-0.25, -0.2) is 0 Å². The Labute approximate surface area is 105 Å². The molecule has 0 aliphatic carbocycles. The highest BCUT2D eigenvalue weighted by molar-refractivity contribution is 9.10. The second-order valence-electron chi connectivity index (χ2n) is 3.80. The number of hydrogen-bond donors (Lipinski definition) is 0. The molecule has 1 saturated heterocycles. The zero-order valence-corrected chi connectivity index (χ0v) is 10.5. The number of anilines is 1. The molecule has 0 aromatic heterocycles. The lowest BCUT2D eigenvalue weighted by molar-refractivity contribution is -0.167. The first-order valence-electron chi connectivity index (χ1n) is 5.15. The lowest BCUT2D eigenvalue weighted by Crippen LogP contribution is -2.53.